The van der Waals surface area contributed by atoms with Gasteiger partial charge in [-0.3, -0.25) is 9.78 Å². The Labute approximate surface area is 137 Å². The Bertz CT molecular complexity index is 611. The lowest BCUT2D eigenvalue weighted by atomic mass is 10.3. The first-order valence-corrected chi connectivity index (χ1v) is 9.31. The van der Waals surface area contributed by atoms with Crippen LogP contribution in [0.4, 0.5) is 0 Å². The summed E-state index contributed by atoms with van der Waals surface area (Å²) < 4.78 is 31.2. The Morgan fingerprint density at radius 2 is 1.96 bits per heavy atom. The highest BCUT2D eigenvalue weighted by Crippen LogP contribution is 2.11. The summed E-state index contributed by atoms with van der Waals surface area (Å²) >= 11 is 0. The molecule has 0 atom stereocenters. The van der Waals surface area contributed by atoms with E-state index in [-0.39, 0.29) is 24.4 Å². The average molecular weight is 341 g/mol. The molecule has 7 nitrogen and oxygen atoms in total. The Kier molecular flexibility index (Phi) is 6.09. The minimum absolute atomic E-state index is 0.0121. The fraction of sp³-hybridized carbons (Fsp3) is 0.600. The molecule has 1 aromatic rings. The lowest BCUT2D eigenvalue weighted by molar-refractivity contribution is 0.0688. The number of ether oxygens (including phenoxy) is 1. The normalized spacial score (nSPS) is 16.7. The predicted molar refractivity (Wildman–Crippen MR) is 86.6 cm³/mol. The number of aromatic nitrogens is 1. The molecule has 1 saturated heterocycles. The summed E-state index contributed by atoms with van der Waals surface area (Å²) in [5.74, 6) is -0.190. The van der Waals surface area contributed by atoms with Gasteiger partial charge in [-0.05, 0) is 26.0 Å². The van der Waals surface area contributed by atoms with Crippen molar-refractivity contribution in [2.45, 2.75) is 20.0 Å². The number of nitrogens with zero attached hydrogens (tertiary/aromatic N) is 3. The maximum absolute atomic E-state index is 12.3. The van der Waals surface area contributed by atoms with E-state index in [9.17, 15) is 13.2 Å². The summed E-state index contributed by atoms with van der Waals surface area (Å²) in [4.78, 5) is 18.0. The van der Waals surface area contributed by atoms with Crippen LogP contribution in [-0.2, 0) is 14.8 Å². The predicted octanol–water partition coefficient (Wildman–Crippen LogP) is 0.594. The molecular weight excluding hydrogens is 318 g/mol. The second kappa shape index (κ2) is 7.85. The number of hydrogen-bond donors (Lipinski definition) is 0. The summed E-state index contributed by atoms with van der Waals surface area (Å²) in [6, 6.07) is 5.17. The van der Waals surface area contributed by atoms with Gasteiger partial charge in [0.25, 0.3) is 5.91 Å². The van der Waals surface area contributed by atoms with Crippen LogP contribution in [0.3, 0.4) is 0 Å². The van der Waals surface area contributed by atoms with Crippen LogP contribution >= 0.6 is 0 Å². The third-order valence-corrected chi connectivity index (χ3v) is 5.43. The van der Waals surface area contributed by atoms with Gasteiger partial charge >= 0.3 is 0 Å². The van der Waals surface area contributed by atoms with Crippen molar-refractivity contribution in [1.82, 2.24) is 14.2 Å². The van der Waals surface area contributed by atoms with Gasteiger partial charge in [0, 0.05) is 32.4 Å². The minimum atomic E-state index is -3.34. The smallest absolute Gasteiger partial charge is 0.272 e. The van der Waals surface area contributed by atoms with E-state index in [1.54, 1.807) is 29.3 Å². The van der Waals surface area contributed by atoms with Crippen molar-refractivity contribution >= 4 is 15.9 Å². The summed E-state index contributed by atoms with van der Waals surface area (Å²) in [5.41, 5.74) is 0.383. The highest BCUT2D eigenvalue weighted by Gasteiger charge is 2.29. The van der Waals surface area contributed by atoms with Gasteiger partial charge < -0.3 is 9.64 Å². The van der Waals surface area contributed by atoms with Gasteiger partial charge in [0.2, 0.25) is 10.0 Å². The zero-order valence-electron chi connectivity index (χ0n) is 13.5. The molecule has 1 aromatic heterocycles. The summed E-state index contributed by atoms with van der Waals surface area (Å²) in [6.07, 6.45) is 1.58. The lowest BCUT2D eigenvalue weighted by Crippen LogP contribution is -2.51. The molecule has 0 aromatic carbocycles. The molecule has 0 saturated carbocycles. The van der Waals surface area contributed by atoms with Crippen LogP contribution in [0.25, 0.3) is 0 Å². The van der Waals surface area contributed by atoms with Crippen molar-refractivity contribution in [3.05, 3.63) is 30.1 Å². The van der Waals surface area contributed by atoms with E-state index in [0.29, 0.717) is 31.9 Å². The van der Waals surface area contributed by atoms with E-state index in [4.69, 9.17) is 4.74 Å². The number of pyridine rings is 1. The largest absolute Gasteiger partial charge is 0.378 e. The number of carbonyl (C=O) groups excluding carboxylic acids is 1. The minimum Gasteiger partial charge on any atom is -0.378 e. The summed E-state index contributed by atoms with van der Waals surface area (Å²) in [7, 11) is -3.34. The summed E-state index contributed by atoms with van der Waals surface area (Å²) in [6.45, 7) is 5.29. The molecule has 0 unspecified atom stereocenters. The maximum Gasteiger partial charge on any atom is 0.272 e. The Morgan fingerprint density at radius 1 is 1.26 bits per heavy atom. The SMILES string of the molecule is CC(C)OCCS(=O)(=O)N1CCN(C(=O)c2ccccn2)CC1. The van der Waals surface area contributed by atoms with Crippen LogP contribution in [0, 0.1) is 0 Å². The Hall–Kier alpha value is -1.51. The van der Waals surface area contributed by atoms with Crippen LogP contribution in [0.2, 0.25) is 0 Å². The number of rotatable bonds is 6. The molecule has 1 aliphatic heterocycles. The second-order valence-electron chi connectivity index (χ2n) is 5.64. The standard InChI is InChI=1S/C15H23N3O4S/c1-13(2)22-11-12-23(20,21)18-9-7-17(8-10-18)15(19)14-5-3-4-6-16-14/h3-6,13H,7-12H2,1-2H3. The molecule has 1 amide bonds. The van der Waals surface area contributed by atoms with Gasteiger partial charge in [0.15, 0.2) is 0 Å². The molecule has 2 rings (SSSR count). The van der Waals surface area contributed by atoms with Crippen molar-refractivity contribution in [3.8, 4) is 0 Å². The molecule has 1 aliphatic rings. The highest BCUT2D eigenvalue weighted by atomic mass is 32.2. The van der Waals surface area contributed by atoms with Gasteiger partial charge in [0.05, 0.1) is 18.5 Å². The first-order valence-electron chi connectivity index (χ1n) is 7.70. The van der Waals surface area contributed by atoms with Gasteiger partial charge in [-0.15, -0.1) is 0 Å². The monoisotopic (exact) mass is 341 g/mol. The van der Waals surface area contributed by atoms with Gasteiger partial charge in [-0.1, -0.05) is 6.07 Å². The zero-order chi connectivity index (χ0) is 16.9. The molecule has 128 valence electrons. The Morgan fingerprint density at radius 3 is 2.52 bits per heavy atom. The molecule has 1 fully saturated rings. The van der Waals surface area contributed by atoms with Crippen LogP contribution in [0.15, 0.2) is 24.4 Å². The van der Waals surface area contributed by atoms with Crippen molar-refractivity contribution in [1.29, 1.82) is 0 Å². The Balaban J connectivity index is 1.87. The lowest BCUT2D eigenvalue weighted by Gasteiger charge is -2.33. The van der Waals surface area contributed by atoms with Gasteiger partial charge in [-0.25, -0.2) is 8.42 Å². The van der Waals surface area contributed by atoms with Crippen LogP contribution in [-0.4, -0.2) is 73.2 Å². The molecule has 2 heterocycles. The number of sulfonamides is 1. The van der Waals surface area contributed by atoms with Crippen molar-refractivity contribution in [2.75, 3.05) is 38.5 Å². The molecule has 0 spiro atoms. The van der Waals surface area contributed by atoms with Crippen molar-refractivity contribution in [3.63, 3.8) is 0 Å². The zero-order valence-corrected chi connectivity index (χ0v) is 14.3. The van der Waals surface area contributed by atoms with Crippen LogP contribution in [0.1, 0.15) is 24.3 Å². The first kappa shape index (κ1) is 17.8. The van der Waals surface area contributed by atoms with E-state index in [1.165, 1.54) is 4.31 Å². The molecule has 0 radical (unpaired) electrons. The first-order chi connectivity index (χ1) is 10.9. The fourth-order valence-electron chi connectivity index (χ4n) is 2.34. The van der Waals surface area contributed by atoms with Crippen molar-refractivity contribution in [2.24, 2.45) is 0 Å². The molecule has 0 aliphatic carbocycles. The molecule has 23 heavy (non-hydrogen) atoms. The number of hydrogen-bond acceptors (Lipinski definition) is 5. The number of carbonyl (C=O) groups is 1. The maximum atomic E-state index is 12.3. The third-order valence-electron chi connectivity index (χ3n) is 3.60. The van der Waals surface area contributed by atoms with E-state index in [1.807, 2.05) is 13.8 Å². The molecule has 8 heteroatoms. The van der Waals surface area contributed by atoms with E-state index >= 15 is 0 Å². The molecular formula is C15H23N3O4S. The van der Waals surface area contributed by atoms with Gasteiger partial charge in [0.1, 0.15) is 5.69 Å². The van der Waals surface area contributed by atoms with Crippen molar-refractivity contribution < 1.29 is 17.9 Å². The quantitative estimate of drug-likeness (QED) is 0.757. The third kappa shape index (κ3) is 4.98. The summed E-state index contributed by atoms with van der Waals surface area (Å²) in [5, 5.41) is 0. The fourth-order valence-corrected chi connectivity index (χ4v) is 3.62. The second-order valence-corrected chi connectivity index (χ2v) is 7.73. The van der Waals surface area contributed by atoms with Gasteiger partial charge in [-0.2, -0.15) is 4.31 Å². The molecule has 0 N–H and O–H groups in total. The van der Waals surface area contributed by atoms with Crippen LogP contribution in [0.5, 0.6) is 0 Å². The molecule has 0 bridgehead atoms. The van der Waals surface area contributed by atoms with E-state index < -0.39 is 10.0 Å². The van der Waals surface area contributed by atoms with E-state index in [2.05, 4.69) is 4.98 Å². The average Bonchev–Trinajstić information content (AvgIpc) is 2.54. The number of amides is 1. The number of piperazine rings is 1. The van der Waals surface area contributed by atoms with E-state index in [0.717, 1.165) is 0 Å². The van der Waals surface area contributed by atoms with Crippen LogP contribution < -0.4 is 0 Å². The highest BCUT2D eigenvalue weighted by molar-refractivity contribution is 7.89. The topological polar surface area (TPSA) is 79.8 Å².